The van der Waals surface area contributed by atoms with Crippen molar-refractivity contribution in [1.82, 2.24) is 0 Å². The number of benzene rings is 7. The normalized spacial score (nSPS) is 13.5. The standard InChI is InChI=1S/C42H29BN2O/c1-26-17-20-28(21-18-26)44-35-23-19-27(2)25-33(35)43-32-11-7-10-31-34(24-22-29(41(31)32)30-9-8-14-38(44)42(30)43)45-36-12-3-5-15-39(36)46-40-16-6-4-13-37(40)45/h3-25H,1-2H3. The van der Waals surface area contributed by atoms with Gasteiger partial charge in [-0.1, -0.05) is 102 Å². The Morgan fingerprint density at radius 2 is 1.15 bits per heavy atom. The van der Waals surface area contributed by atoms with Crippen molar-refractivity contribution in [2.24, 2.45) is 0 Å². The Morgan fingerprint density at radius 3 is 1.93 bits per heavy atom. The summed E-state index contributed by atoms with van der Waals surface area (Å²) in [6.45, 7) is 4.48. The molecule has 0 amide bonds. The van der Waals surface area contributed by atoms with Crippen LogP contribution in [0.1, 0.15) is 11.1 Å². The molecule has 3 nitrogen and oxygen atoms in total. The van der Waals surface area contributed by atoms with Crippen LogP contribution in [0.25, 0.3) is 21.9 Å². The van der Waals surface area contributed by atoms with Crippen LogP contribution in [0, 0.1) is 13.8 Å². The van der Waals surface area contributed by atoms with Gasteiger partial charge >= 0.3 is 0 Å². The summed E-state index contributed by atoms with van der Waals surface area (Å²) in [5.41, 5.74) is 16.2. The number of para-hydroxylation sites is 4. The molecule has 0 atom stereocenters. The van der Waals surface area contributed by atoms with E-state index in [-0.39, 0.29) is 6.71 Å². The van der Waals surface area contributed by atoms with Crippen LogP contribution in [-0.4, -0.2) is 6.71 Å². The van der Waals surface area contributed by atoms with Crippen LogP contribution in [0.15, 0.2) is 140 Å². The fourth-order valence-electron chi connectivity index (χ4n) is 8.02. The lowest BCUT2D eigenvalue weighted by atomic mass is 9.32. The molecular weight excluding hydrogens is 559 g/mol. The fraction of sp³-hybridized carbons (Fsp3) is 0.0476. The number of hydrogen-bond acceptors (Lipinski definition) is 3. The maximum atomic E-state index is 6.38. The van der Waals surface area contributed by atoms with Crippen LogP contribution in [0.3, 0.4) is 0 Å². The lowest BCUT2D eigenvalue weighted by Crippen LogP contribution is -2.59. The highest BCUT2D eigenvalue weighted by Crippen LogP contribution is 2.52. The van der Waals surface area contributed by atoms with Crippen molar-refractivity contribution >= 4 is 68.0 Å². The van der Waals surface area contributed by atoms with Crippen LogP contribution in [-0.2, 0) is 0 Å². The first kappa shape index (κ1) is 25.6. The Bertz CT molecular complexity index is 2350. The second kappa shape index (κ2) is 9.39. The third kappa shape index (κ3) is 3.44. The minimum atomic E-state index is 0.124. The molecule has 0 saturated carbocycles. The third-order valence-corrected chi connectivity index (χ3v) is 9.96. The van der Waals surface area contributed by atoms with E-state index in [9.17, 15) is 0 Å². The monoisotopic (exact) mass is 588 g/mol. The molecule has 3 aliphatic heterocycles. The Morgan fingerprint density at radius 1 is 0.478 bits per heavy atom. The molecule has 46 heavy (non-hydrogen) atoms. The van der Waals surface area contributed by atoms with Crippen LogP contribution in [0.4, 0.5) is 34.1 Å². The molecule has 0 bridgehead atoms. The molecule has 0 fully saturated rings. The van der Waals surface area contributed by atoms with Gasteiger partial charge in [-0.05, 0) is 95.9 Å². The van der Waals surface area contributed by atoms with Gasteiger partial charge in [0.15, 0.2) is 11.5 Å². The average molecular weight is 589 g/mol. The van der Waals surface area contributed by atoms with Gasteiger partial charge in [0.2, 0.25) is 6.71 Å². The van der Waals surface area contributed by atoms with E-state index in [1.54, 1.807) is 0 Å². The number of anilines is 6. The second-order valence-electron chi connectivity index (χ2n) is 12.7. The number of aryl methyl sites for hydroxylation is 2. The molecule has 0 aliphatic carbocycles. The molecule has 7 aromatic rings. The highest BCUT2D eigenvalue weighted by Gasteiger charge is 2.41. The predicted molar refractivity (Wildman–Crippen MR) is 193 cm³/mol. The minimum absolute atomic E-state index is 0.124. The first-order valence-electron chi connectivity index (χ1n) is 16.0. The maximum absolute atomic E-state index is 6.38. The van der Waals surface area contributed by atoms with Gasteiger partial charge < -0.3 is 14.5 Å². The van der Waals surface area contributed by atoms with Gasteiger partial charge in [-0.3, -0.25) is 0 Å². The smallest absolute Gasteiger partial charge is 0.248 e. The number of hydrogen-bond donors (Lipinski definition) is 0. The molecule has 0 aromatic heterocycles. The molecule has 7 aromatic carbocycles. The van der Waals surface area contributed by atoms with Crippen molar-refractivity contribution in [3.05, 3.63) is 151 Å². The van der Waals surface area contributed by atoms with Gasteiger partial charge in [-0.25, -0.2) is 0 Å². The molecule has 0 unspecified atom stereocenters. The van der Waals surface area contributed by atoms with Gasteiger partial charge in [-0.15, -0.1) is 0 Å². The summed E-state index contributed by atoms with van der Waals surface area (Å²) < 4.78 is 6.38. The van der Waals surface area contributed by atoms with Crippen molar-refractivity contribution < 1.29 is 4.74 Å². The minimum Gasteiger partial charge on any atom is -0.453 e. The molecule has 3 aliphatic rings. The molecule has 216 valence electrons. The summed E-state index contributed by atoms with van der Waals surface area (Å²) >= 11 is 0. The summed E-state index contributed by atoms with van der Waals surface area (Å²) in [6, 6.07) is 51.0. The van der Waals surface area contributed by atoms with Crippen LogP contribution in [0.5, 0.6) is 11.5 Å². The number of ether oxygens (including phenoxy) is 1. The van der Waals surface area contributed by atoms with Gasteiger partial charge in [0.1, 0.15) is 0 Å². The third-order valence-electron chi connectivity index (χ3n) is 9.96. The summed E-state index contributed by atoms with van der Waals surface area (Å²) in [5, 5.41) is 2.57. The maximum Gasteiger partial charge on any atom is 0.248 e. The van der Waals surface area contributed by atoms with E-state index in [2.05, 4.69) is 151 Å². The predicted octanol–water partition coefficient (Wildman–Crippen LogP) is 9.31. The Kier molecular flexibility index (Phi) is 5.22. The molecular formula is C42H29BN2O. The first-order chi connectivity index (χ1) is 22.7. The Hall–Kier alpha value is -5.74. The highest BCUT2D eigenvalue weighted by atomic mass is 16.5. The first-order valence-corrected chi connectivity index (χ1v) is 16.0. The Labute approximate surface area is 269 Å². The molecule has 0 saturated heterocycles. The second-order valence-corrected chi connectivity index (χ2v) is 12.7. The number of nitrogens with zero attached hydrogens (tertiary/aromatic N) is 2. The van der Waals surface area contributed by atoms with Gasteiger partial charge in [0, 0.05) is 22.4 Å². The van der Waals surface area contributed by atoms with Crippen LogP contribution < -0.4 is 30.9 Å². The van der Waals surface area contributed by atoms with Crippen molar-refractivity contribution in [3.8, 4) is 22.6 Å². The van der Waals surface area contributed by atoms with Gasteiger partial charge in [0.05, 0.1) is 17.1 Å². The summed E-state index contributed by atoms with van der Waals surface area (Å²) in [7, 11) is 0. The zero-order valence-corrected chi connectivity index (χ0v) is 25.7. The molecule has 0 spiro atoms. The van der Waals surface area contributed by atoms with Crippen LogP contribution >= 0.6 is 0 Å². The lowest BCUT2D eigenvalue weighted by Gasteiger charge is -2.41. The van der Waals surface area contributed by atoms with Crippen molar-refractivity contribution in [3.63, 3.8) is 0 Å². The topological polar surface area (TPSA) is 15.7 Å². The largest absolute Gasteiger partial charge is 0.453 e. The zero-order chi connectivity index (χ0) is 30.5. The van der Waals surface area contributed by atoms with Gasteiger partial charge in [0.25, 0.3) is 0 Å². The number of rotatable bonds is 2. The SMILES string of the molecule is Cc1ccc(N2c3ccc(C)cc3B3c4c(cccc42)-c2ccc(N4c5ccccc5Oc5ccccc54)c4cccc3c24)cc1. The van der Waals surface area contributed by atoms with E-state index < -0.39 is 0 Å². The zero-order valence-electron chi connectivity index (χ0n) is 25.7. The van der Waals surface area contributed by atoms with E-state index in [4.69, 9.17) is 4.74 Å². The van der Waals surface area contributed by atoms with E-state index in [0.717, 1.165) is 28.6 Å². The van der Waals surface area contributed by atoms with Crippen molar-refractivity contribution in [1.29, 1.82) is 0 Å². The van der Waals surface area contributed by atoms with E-state index in [1.165, 1.54) is 66.5 Å². The summed E-state index contributed by atoms with van der Waals surface area (Å²) in [5.74, 6) is 1.73. The fourth-order valence-corrected chi connectivity index (χ4v) is 8.02. The highest BCUT2D eigenvalue weighted by molar-refractivity contribution is 7.01. The molecule has 4 heteroatoms. The summed E-state index contributed by atoms with van der Waals surface area (Å²) in [6.07, 6.45) is 0. The quantitative estimate of drug-likeness (QED) is 0.187. The number of fused-ring (bicyclic) bond motifs is 6. The van der Waals surface area contributed by atoms with Crippen molar-refractivity contribution in [2.45, 2.75) is 13.8 Å². The lowest BCUT2D eigenvalue weighted by molar-refractivity contribution is 0.477. The van der Waals surface area contributed by atoms with E-state index >= 15 is 0 Å². The molecule has 0 radical (unpaired) electrons. The summed E-state index contributed by atoms with van der Waals surface area (Å²) in [4.78, 5) is 4.84. The molecule has 3 heterocycles. The van der Waals surface area contributed by atoms with E-state index in [1.807, 2.05) is 12.1 Å². The Balaban J connectivity index is 1.27. The van der Waals surface area contributed by atoms with E-state index in [0.29, 0.717) is 0 Å². The van der Waals surface area contributed by atoms with Crippen molar-refractivity contribution in [2.75, 3.05) is 9.80 Å². The molecule has 0 N–H and O–H groups in total. The molecule has 10 rings (SSSR count). The van der Waals surface area contributed by atoms with Gasteiger partial charge in [-0.2, -0.15) is 0 Å². The van der Waals surface area contributed by atoms with Crippen LogP contribution in [0.2, 0.25) is 0 Å². The average Bonchev–Trinajstić information content (AvgIpc) is 3.09.